The number of aromatic amines is 1. The molecule has 1 aliphatic heterocycles. The normalized spacial score (nSPS) is 14.4. The van der Waals surface area contributed by atoms with Gasteiger partial charge >= 0.3 is 0 Å². The summed E-state index contributed by atoms with van der Waals surface area (Å²) < 4.78 is 0. The average Bonchev–Trinajstić information content (AvgIpc) is 3.25. The lowest BCUT2D eigenvalue weighted by Crippen LogP contribution is -2.23. The van der Waals surface area contributed by atoms with Crippen LogP contribution in [0.4, 0.5) is 5.69 Å². The van der Waals surface area contributed by atoms with Gasteiger partial charge in [-0.1, -0.05) is 12.1 Å². The molecule has 3 aromatic rings. The van der Waals surface area contributed by atoms with Crippen molar-refractivity contribution in [3.63, 3.8) is 0 Å². The Morgan fingerprint density at radius 2 is 2.00 bits per heavy atom. The van der Waals surface area contributed by atoms with Crippen molar-refractivity contribution in [1.29, 1.82) is 0 Å². The molecule has 2 aromatic heterocycles. The maximum atomic E-state index is 11.9. The number of pyridine rings is 1. The number of carbonyl (C=O) groups excluding carboxylic acids is 1. The maximum Gasteiger partial charge on any atom is 0.227 e. The zero-order valence-corrected chi connectivity index (χ0v) is 12.6. The Balaban J connectivity index is 1.66. The molecule has 1 fully saturated rings. The zero-order valence-electron chi connectivity index (χ0n) is 12.6. The molecule has 5 nitrogen and oxygen atoms in total. The molecule has 1 N–H and O–H groups in total. The van der Waals surface area contributed by atoms with E-state index in [1.165, 1.54) is 0 Å². The first kappa shape index (κ1) is 13.7. The zero-order chi connectivity index (χ0) is 15.6. The summed E-state index contributed by atoms with van der Waals surface area (Å²) in [5.41, 5.74) is 4.72. The van der Waals surface area contributed by atoms with Gasteiger partial charge in [-0.15, -0.1) is 0 Å². The quantitative estimate of drug-likeness (QED) is 0.808. The number of aromatic nitrogens is 3. The first-order chi connectivity index (χ1) is 11.3. The fourth-order valence-corrected chi connectivity index (χ4v) is 2.89. The number of benzene rings is 1. The molecule has 1 amide bonds. The molecule has 114 valence electrons. The van der Waals surface area contributed by atoms with Crippen LogP contribution in [0.15, 0.2) is 54.9 Å². The minimum atomic E-state index is 0.197. The summed E-state index contributed by atoms with van der Waals surface area (Å²) >= 11 is 0. The summed E-state index contributed by atoms with van der Waals surface area (Å²) in [6, 6.07) is 13.9. The van der Waals surface area contributed by atoms with Crippen LogP contribution in [0.1, 0.15) is 12.8 Å². The van der Waals surface area contributed by atoms with Crippen molar-refractivity contribution >= 4 is 11.6 Å². The Morgan fingerprint density at radius 1 is 1.09 bits per heavy atom. The maximum absolute atomic E-state index is 11.9. The number of hydrogen-bond donors (Lipinski definition) is 1. The molecule has 0 unspecified atom stereocenters. The van der Waals surface area contributed by atoms with Crippen LogP contribution in [0.25, 0.3) is 22.5 Å². The minimum Gasteiger partial charge on any atom is -0.312 e. The van der Waals surface area contributed by atoms with Gasteiger partial charge in [0.15, 0.2) is 0 Å². The van der Waals surface area contributed by atoms with Crippen molar-refractivity contribution in [1.82, 2.24) is 15.2 Å². The van der Waals surface area contributed by atoms with E-state index >= 15 is 0 Å². The van der Waals surface area contributed by atoms with Crippen molar-refractivity contribution in [2.45, 2.75) is 12.8 Å². The SMILES string of the molecule is O=C1CCCN1c1cccc(-c2cc(-c3cccnc3)n[nH]2)c1. The molecule has 23 heavy (non-hydrogen) atoms. The Hall–Kier alpha value is -2.95. The van der Waals surface area contributed by atoms with Crippen molar-refractivity contribution in [2.24, 2.45) is 0 Å². The number of nitrogens with one attached hydrogen (secondary N) is 1. The van der Waals surface area contributed by atoms with E-state index in [1.807, 2.05) is 47.4 Å². The van der Waals surface area contributed by atoms with Gasteiger partial charge < -0.3 is 4.90 Å². The second-order valence-corrected chi connectivity index (χ2v) is 5.61. The van der Waals surface area contributed by atoms with E-state index in [0.717, 1.165) is 41.2 Å². The number of carbonyl (C=O) groups is 1. The van der Waals surface area contributed by atoms with Crippen LogP contribution in [0, 0.1) is 0 Å². The molecular formula is C18H16N4O. The minimum absolute atomic E-state index is 0.197. The molecule has 0 aliphatic carbocycles. The number of H-pyrrole nitrogens is 1. The molecule has 1 aliphatic rings. The summed E-state index contributed by atoms with van der Waals surface area (Å²) in [4.78, 5) is 17.9. The van der Waals surface area contributed by atoms with Crippen molar-refractivity contribution in [2.75, 3.05) is 11.4 Å². The number of hydrogen-bond acceptors (Lipinski definition) is 3. The lowest BCUT2D eigenvalue weighted by atomic mass is 10.1. The first-order valence-corrected chi connectivity index (χ1v) is 7.68. The molecule has 0 radical (unpaired) electrons. The van der Waals surface area contributed by atoms with E-state index in [4.69, 9.17) is 0 Å². The molecule has 4 rings (SSSR count). The highest BCUT2D eigenvalue weighted by Gasteiger charge is 2.21. The summed E-state index contributed by atoms with van der Waals surface area (Å²) in [6.45, 7) is 0.798. The molecule has 0 bridgehead atoms. The van der Waals surface area contributed by atoms with E-state index in [9.17, 15) is 4.79 Å². The van der Waals surface area contributed by atoms with Crippen LogP contribution < -0.4 is 4.90 Å². The van der Waals surface area contributed by atoms with Gasteiger partial charge in [0.1, 0.15) is 0 Å². The Labute approximate surface area is 134 Å². The molecule has 0 spiro atoms. The monoisotopic (exact) mass is 304 g/mol. The summed E-state index contributed by atoms with van der Waals surface area (Å²) in [5.74, 6) is 0.197. The smallest absolute Gasteiger partial charge is 0.227 e. The third kappa shape index (κ3) is 2.61. The summed E-state index contributed by atoms with van der Waals surface area (Å²) in [6.07, 6.45) is 5.10. The lowest BCUT2D eigenvalue weighted by molar-refractivity contribution is -0.117. The predicted molar refractivity (Wildman–Crippen MR) is 88.8 cm³/mol. The molecule has 0 saturated carbocycles. The molecule has 1 aromatic carbocycles. The van der Waals surface area contributed by atoms with Crippen molar-refractivity contribution in [3.05, 3.63) is 54.9 Å². The fourth-order valence-electron chi connectivity index (χ4n) is 2.89. The highest BCUT2D eigenvalue weighted by molar-refractivity contribution is 5.95. The van der Waals surface area contributed by atoms with E-state index in [2.05, 4.69) is 15.2 Å². The highest BCUT2D eigenvalue weighted by atomic mass is 16.2. The van der Waals surface area contributed by atoms with Crippen LogP contribution in [0.5, 0.6) is 0 Å². The molecule has 0 atom stereocenters. The van der Waals surface area contributed by atoms with Gasteiger partial charge in [-0.2, -0.15) is 5.10 Å². The van der Waals surface area contributed by atoms with Gasteiger partial charge in [-0.3, -0.25) is 14.9 Å². The summed E-state index contributed by atoms with van der Waals surface area (Å²) in [5, 5.41) is 7.43. The number of nitrogens with zero attached hydrogens (tertiary/aromatic N) is 3. The Kier molecular flexibility index (Phi) is 3.38. The third-order valence-electron chi connectivity index (χ3n) is 4.08. The second kappa shape index (κ2) is 5.68. The number of amides is 1. The van der Waals surface area contributed by atoms with Gasteiger partial charge in [0.25, 0.3) is 0 Å². The van der Waals surface area contributed by atoms with Crippen LogP contribution in [-0.2, 0) is 4.79 Å². The van der Waals surface area contributed by atoms with Gasteiger partial charge in [0.2, 0.25) is 5.91 Å². The van der Waals surface area contributed by atoms with Crippen LogP contribution in [-0.4, -0.2) is 27.6 Å². The third-order valence-corrected chi connectivity index (χ3v) is 4.08. The molecule has 1 saturated heterocycles. The topological polar surface area (TPSA) is 61.9 Å². The van der Waals surface area contributed by atoms with E-state index in [1.54, 1.807) is 12.4 Å². The number of rotatable bonds is 3. The van der Waals surface area contributed by atoms with Gasteiger partial charge in [0, 0.05) is 42.2 Å². The highest BCUT2D eigenvalue weighted by Crippen LogP contribution is 2.28. The van der Waals surface area contributed by atoms with E-state index in [-0.39, 0.29) is 5.91 Å². The van der Waals surface area contributed by atoms with Crippen LogP contribution >= 0.6 is 0 Å². The Morgan fingerprint density at radius 3 is 2.78 bits per heavy atom. The van der Waals surface area contributed by atoms with Crippen molar-refractivity contribution in [3.8, 4) is 22.5 Å². The van der Waals surface area contributed by atoms with Gasteiger partial charge in [0.05, 0.1) is 11.4 Å². The average molecular weight is 304 g/mol. The molecular weight excluding hydrogens is 288 g/mol. The fraction of sp³-hybridized carbons (Fsp3) is 0.167. The Bertz CT molecular complexity index is 841. The first-order valence-electron chi connectivity index (χ1n) is 7.68. The van der Waals surface area contributed by atoms with Crippen LogP contribution in [0.2, 0.25) is 0 Å². The van der Waals surface area contributed by atoms with Crippen LogP contribution in [0.3, 0.4) is 0 Å². The second-order valence-electron chi connectivity index (χ2n) is 5.61. The standard InChI is InChI=1S/C18H16N4O/c23-18-7-3-9-22(18)15-6-1-4-13(10-15)16-11-17(21-20-16)14-5-2-8-19-12-14/h1-2,4-6,8,10-12H,3,7,9H2,(H,20,21). The number of anilines is 1. The van der Waals surface area contributed by atoms with E-state index in [0.29, 0.717) is 6.42 Å². The predicted octanol–water partition coefficient (Wildman–Crippen LogP) is 3.27. The summed E-state index contributed by atoms with van der Waals surface area (Å²) in [7, 11) is 0. The molecule has 3 heterocycles. The lowest BCUT2D eigenvalue weighted by Gasteiger charge is -2.16. The largest absolute Gasteiger partial charge is 0.312 e. The van der Waals surface area contributed by atoms with Gasteiger partial charge in [-0.25, -0.2) is 0 Å². The van der Waals surface area contributed by atoms with Crippen molar-refractivity contribution < 1.29 is 4.79 Å². The van der Waals surface area contributed by atoms with E-state index < -0.39 is 0 Å². The molecule has 5 heteroatoms. The van der Waals surface area contributed by atoms with Gasteiger partial charge in [-0.05, 0) is 36.8 Å².